The van der Waals surface area contributed by atoms with E-state index < -0.39 is 5.91 Å². The first-order valence-electron chi connectivity index (χ1n) is 5.84. The Balaban J connectivity index is 2.09. The summed E-state index contributed by atoms with van der Waals surface area (Å²) in [6, 6.07) is 10.2. The van der Waals surface area contributed by atoms with Crippen molar-refractivity contribution < 1.29 is 9.53 Å². The van der Waals surface area contributed by atoms with E-state index >= 15 is 0 Å². The highest BCUT2D eigenvalue weighted by atomic mass is 32.1. The van der Waals surface area contributed by atoms with Crippen molar-refractivity contribution in [2.75, 3.05) is 0 Å². The van der Waals surface area contributed by atoms with Crippen molar-refractivity contribution in [3.8, 4) is 5.75 Å². The summed E-state index contributed by atoms with van der Waals surface area (Å²) >= 11 is 4.93. The van der Waals surface area contributed by atoms with Crippen LogP contribution in [0.3, 0.4) is 0 Å². The number of carbonyl (C=O) groups excluding carboxylic acids is 1. The number of benzene rings is 1. The Bertz CT molecular complexity index is 641. The highest BCUT2D eigenvalue weighted by Crippen LogP contribution is 2.15. The molecule has 4 N–H and O–H groups in total. The van der Waals surface area contributed by atoms with Gasteiger partial charge in [-0.3, -0.25) is 9.78 Å². The van der Waals surface area contributed by atoms with Crippen LogP contribution in [-0.4, -0.2) is 15.9 Å². The second kappa shape index (κ2) is 6.12. The Hall–Kier alpha value is -2.47. The highest BCUT2D eigenvalue weighted by Gasteiger charge is 2.07. The molecule has 0 atom stereocenters. The molecule has 0 aliphatic heterocycles. The molecule has 1 aromatic heterocycles. The number of carbonyl (C=O) groups is 1. The first-order chi connectivity index (χ1) is 9.58. The predicted octanol–water partition coefficient (Wildman–Crippen LogP) is 1.39. The third-order valence-electron chi connectivity index (χ3n) is 2.66. The summed E-state index contributed by atoms with van der Waals surface area (Å²) in [4.78, 5) is 15.3. The molecule has 2 rings (SSSR count). The van der Waals surface area contributed by atoms with Crippen molar-refractivity contribution in [3.63, 3.8) is 0 Å². The van der Waals surface area contributed by atoms with Gasteiger partial charge in [0.1, 0.15) is 23.0 Å². The van der Waals surface area contributed by atoms with Crippen LogP contribution in [-0.2, 0) is 6.61 Å². The van der Waals surface area contributed by atoms with Gasteiger partial charge in [-0.05, 0) is 30.3 Å². The van der Waals surface area contributed by atoms with Crippen LogP contribution in [0.4, 0.5) is 0 Å². The summed E-state index contributed by atoms with van der Waals surface area (Å²) in [5.74, 6) is 0.146. The van der Waals surface area contributed by atoms with E-state index in [1.54, 1.807) is 36.5 Å². The Labute approximate surface area is 121 Å². The number of ether oxygens (including phenoxy) is 1. The fraction of sp³-hybridized carbons (Fsp3) is 0.0714. The quantitative estimate of drug-likeness (QED) is 0.811. The second-order valence-corrected chi connectivity index (χ2v) is 4.49. The van der Waals surface area contributed by atoms with Crippen molar-refractivity contribution >= 4 is 23.1 Å². The zero-order chi connectivity index (χ0) is 14.5. The Morgan fingerprint density at radius 3 is 2.50 bits per heavy atom. The average molecular weight is 287 g/mol. The average Bonchev–Trinajstić information content (AvgIpc) is 2.45. The SMILES string of the molecule is NC(=O)c1ccc(OCc2cccnc2C(N)=S)cc1. The highest BCUT2D eigenvalue weighted by molar-refractivity contribution is 7.80. The van der Waals surface area contributed by atoms with Crippen LogP contribution in [0.15, 0.2) is 42.6 Å². The van der Waals surface area contributed by atoms with Gasteiger partial charge in [-0.25, -0.2) is 0 Å². The molecule has 0 radical (unpaired) electrons. The summed E-state index contributed by atoms with van der Waals surface area (Å²) in [7, 11) is 0. The van der Waals surface area contributed by atoms with E-state index in [1.807, 2.05) is 6.07 Å². The number of nitrogens with two attached hydrogens (primary N) is 2. The number of aromatic nitrogens is 1. The molecule has 1 heterocycles. The summed E-state index contributed by atoms with van der Waals surface area (Å²) in [5.41, 5.74) is 12.6. The molecule has 1 aromatic carbocycles. The van der Waals surface area contributed by atoms with Crippen molar-refractivity contribution in [1.82, 2.24) is 4.98 Å². The molecule has 0 spiro atoms. The van der Waals surface area contributed by atoms with Crippen LogP contribution >= 0.6 is 12.2 Å². The van der Waals surface area contributed by atoms with Gasteiger partial charge in [-0.15, -0.1) is 0 Å². The topological polar surface area (TPSA) is 91.2 Å². The van der Waals surface area contributed by atoms with Gasteiger partial charge >= 0.3 is 0 Å². The number of thiocarbonyl (C=S) groups is 1. The van der Waals surface area contributed by atoms with Gasteiger partial charge in [0.05, 0.1) is 0 Å². The minimum atomic E-state index is -0.473. The maximum atomic E-state index is 11.0. The van der Waals surface area contributed by atoms with E-state index in [4.69, 9.17) is 28.4 Å². The lowest BCUT2D eigenvalue weighted by atomic mass is 10.2. The van der Waals surface area contributed by atoms with Crippen LogP contribution in [0.25, 0.3) is 0 Å². The number of amides is 1. The van der Waals surface area contributed by atoms with E-state index in [0.29, 0.717) is 17.0 Å². The maximum Gasteiger partial charge on any atom is 0.248 e. The molecule has 6 heteroatoms. The maximum absolute atomic E-state index is 11.0. The van der Waals surface area contributed by atoms with Gasteiger partial charge in [0.2, 0.25) is 5.91 Å². The summed E-state index contributed by atoms with van der Waals surface area (Å²) < 4.78 is 5.61. The molecule has 0 fully saturated rings. The number of pyridine rings is 1. The fourth-order valence-corrected chi connectivity index (χ4v) is 1.84. The van der Waals surface area contributed by atoms with Gasteiger partial charge in [-0.1, -0.05) is 18.3 Å². The number of hydrogen-bond acceptors (Lipinski definition) is 4. The number of primary amides is 1. The second-order valence-electron chi connectivity index (χ2n) is 4.05. The normalized spacial score (nSPS) is 10.0. The van der Waals surface area contributed by atoms with Crippen molar-refractivity contribution in [2.24, 2.45) is 11.5 Å². The van der Waals surface area contributed by atoms with Gasteiger partial charge in [0.25, 0.3) is 0 Å². The van der Waals surface area contributed by atoms with E-state index in [2.05, 4.69) is 4.98 Å². The van der Waals surface area contributed by atoms with Crippen molar-refractivity contribution in [1.29, 1.82) is 0 Å². The van der Waals surface area contributed by atoms with Crippen molar-refractivity contribution in [3.05, 3.63) is 59.4 Å². The van der Waals surface area contributed by atoms with Crippen LogP contribution in [0.1, 0.15) is 21.6 Å². The minimum absolute atomic E-state index is 0.230. The minimum Gasteiger partial charge on any atom is -0.489 e. The van der Waals surface area contributed by atoms with Gasteiger partial charge in [0, 0.05) is 17.3 Å². The van der Waals surface area contributed by atoms with Crippen molar-refractivity contribution in [2.45, 2.75) is 6.61 Å². The molecule has 20 heavy (non-hydrogen) atoms. The van der Waals surface area contributed by atoms with Crippen LogP contribution in [0.5, 0.6) is 5.75 Å². The number of rotatable bonds is 5. The largest absolute Gasteiger partial charge is 0.489 e. The molecule has 102 valence electrons. The standard InChI is InChI=1S/C14H13N3O2S/c15-13(18)9-3-5-11(6-4-9)19-8-10-2-1-7-17-12(10)14(16)20/h1-7H,8H2,(H2,15,18)(H2,16,20). The van der Waals surface area contributed by atoms with E-state index in [1.165, 1.54) is 0 Å². The first-order valence-corrected chi connectivity index (χ1v) is 6.25. The zero-order valence-corrected chi connectivity index (χ0v) is 11.4. The lowest BCUT2D eigenvalue weighted by molar-refractivity contribution is 0.100. The lowest BCUT2D eigenvalue weighted by Gasteiger charge is -2.09. The van der Waals surface area contributed by atoms with E-state index in [0.717, 1.165) is 5.56 Å². The van der Waals surface area contributed by atoms with Crippen LogP contribution in [0, 0.1) is 0 Å². The monoisotopic (exact) mass is 287 g/mol. The van der Waals surface area contributed by atoms with Gasteiger partial charge in [-0.2, -0.15) is 0 Å². The van der Waals surface area contributed by atoms with Crippen LogP contribution in [0.2, 0.25) is 0 Å². The zero-order valence-electron chi connectivity index (χ0n) is 10.6. The Morgan fingerprint density at radius 1 is 1.20 bits per heavy atom. The molecular formula is C14H13N3O2S. The molecule has 1 amide bonds. The molecule has 2 aromatic rings. The Kier molecular flexibility index (Phi) is 4.27. The lowest BCUT2D eigenvalue weighted by Crippen LogP contribution is -2.15. The van der Waals surface area contributed by atoms with Crippen LogP contribution < -0.4 is 16.2 Å². The third kappa shape index (κ3) is 3.30. The first kappa shape index (κ1) is 14.0. The van der Waals surface area contributed by atoms with E-state index in [-0.39, 0.29) is 11.6 Å². The molecule has 5 nitrogen and oxygen atoms in total. The van der Waals surface area contributed by atoms with Gasteiger partial charge < -0.3 is 16.2 Å². The van der Waals surface area contributed by atoms with E-state index in [9.17, 15) is 4.79 Å². The fourth-order valence-electron chi connectivity index (χ4n) is 1.65. The molecule has 0 aliphatic rings. The third-order valence-corrected chi connectivity index (χ3v) is 2.85. The summed E-state index contributed by atoms with van der Waals surface area (Å²) in [6.07, 6.45) is 1.62. The molecule has 0 unspecified atom stereocenters. The summed E-state index contributed by atoms with van der Waals surface area (Å²) in [5, 5.41) is 0. The molecular weight excluding hydrogens is 274 g/mol. The molecule has 0 saturated heterocycles. The predicted molar refractivity (Wildman–Crippen MR) is 79.4 cm³/mol. The molecule has 0 bridgehead atoms. The Morgan fingerprint density at radius 2 is 1.90 bits per heavy atom. The number of nitrogens with zero attached hydrogens (tertiary/aromatic N) is 1. The van der Waals surface area contributed by atoms with Gasteiger partial charge in [0.15, 0.2) is 0 Å². The summed E-state index contributed by atoms with van der Waals surface area (Å²) in [6.45, 7) is 0.288. The molecule has 0 aliphatic carbocycles. The number of hydrogen-bond donors (Lipinski definition) is 2. The smallest absolute Gasteiger partial charge is 0.248 e. The molecule has 0 saturated carbocycles.